The van der Waals surface area contributed by atoms with Gasteiger partial charge in [0.1, 0.15) is 11.9 Å². The van der Waals surface area contributed by atoms with E-state index in [-0.39, 0.29) is 11.7 Å². The van der Waals surface area contributed by atoms with Gasteiger partial charge in [-0.3, -0.25) is 4.79 Å². The summed E-state index contributed by atoms with van der Waals surface area (Å²) in [5.41, 5.74) is 3.36. The number of nitrogens with one attached hydrogen (secondary N) is 2. The first kappa shape index (κ1) is 13.6. The SMILES string of the molecule is CC(C)c1ccccc1NC1C(=O)Nc2ccc(F)cc21. The van der Waals surface area contributed by atoms with Crippen molar-refractivity contribution in [2.24, 2.45) is 0 Å². The lowest BCUT2D eigenvalue weighted by atomic mass is 10.00. The van der Waals surface area contributed by atoms with Crippen LogP contribution in [0, 0.1) is 5.82 Å². The van der Waals surface area contributed by atoms with E-state index in [4.69, 9.17) is 0 Å². The quantitative estimate of drug-likeness (QED) is 0.892. The molecule has 108 valence electrons. The highest BCUT2D eigenvalue weighted by Gasteiger charge is 2.31. The molecule has 2 aromatic rings. The summed E-state index contributed by atoms with van der Waals surface area (Å²) in [4.78, 5) is 12.1. The Labute approximate surface area is 123 Å². The van der Waals surface area contributed by atoms with E-state index in [9.17, 15) is 9.18 Å². The minimum absolute atomic E-state index is 0.158. The Bertz CT molecular complexity index is 697. The molecule has 0 aliphatic carbocycles. The van der Waals surface area contributed by atoms with Crippen LogP contribution < -0.4 is 10.6 Å². The van der Waals surface area contributed by atoms with E-state index in [1.165, 1.54) is 12.1 Å². The molecule has 4 heteroatoms. The molecule has 1 atom stereocenters. The molecule has 0 saturated carbocycles. The van der Waals surface area contributed by atoms with E-state index in [2.05, 4.69) is 24.5 Å². The van der Waals surface area contributed by atoms with Gasteiger partial charge in [0.15, 0.2) is 0 Å². The van der Waals surface area contributed by atoms with Gasteiger partial charge in [-0.1, -0.05) is 32.0 Å². The van der Waals surface area contributed by atoms with Gasteiger partial charge in [0, 0.05) is 16.9 Å². The number of hydrogen-bond acceptors (Lipinski definition) is 2. The predicted octanol–water partition coefficient (Wildman–Crippen LogP) is 4.05. The molecule has 0 saturated heterocycles. The molecule has 0 aromatic heterocycles. The van der Waals surface area contributed by atoms with E-state index >= 15 is 0 Å². The number of hydrogen-bond donors (Lipinski definition) is 2. The first-order chi connectivity index (χ1) is 10.1. The fourth-order valence-corrected chi connectivity index (χ4v) is 2.66. The van der Waals surface area contributed by atoms with E-state index in [1.54, 1.807) is 6.07 Å². The molecule has 1 heterocycles. The van der Waals surface area contributed by atoms with Crippen molar-refractivity contribution in [2.75, 3.05) is 10.6 Å². The Kier molecular flexibility index (Phi) is 3.37. The standard InChI is InChI=1S/C17H17FN2O/c1-10(2)12-5-3-4-6-14(12)19-16-13-9-11(18)7-8-15(13)20-17(16)21/h3-10,16,19H,1-2H3,(H,20,21). The second-order valence-electron chi connectivity index (χ2n) is 5.54. The maximum Gasteiger partial charge on any atom is 0.251 e. The lowest BCUT2D eigenvalue weighted by molar-refractivity contribution is -0.116. The summed E-state index contributed by atoms with van der Waals surface area (Å²) >= 11 is 0. The van der Waals surface area contributed by atoms with Gasteiger partial charge in [0.25, 0.3) is 5.91 Å². The predicted molar refractivity (Wildman–Crippen MR) is 81.9 cm³/mol. The molecular formula is C17H17FN2O. The Morgan fingerprint density at radius 3 is 2.71 bits per heavy atom. The van der Waals surface area contributed by atoms with Gasteiger partial charge in [-0.25, -0.2) is 4.39 Å². The van der Waals surface area contributed by atoms with E-state index in [0.29, 0.717) is 17.2 Å². The lowest BCUT2D eigenvalue weighted by Crippen LogP contribution is -2.20. The molecule has 1 aliphatic rings. The zero-order chi connectivity index (χ0) is 15.0. The molecule has 1 aliphatic heterocycles. The Hall–Kier alpha value is -2.36. The Balaban J connectivity index is 1.96. The fraction of sp³-hybridized carbons (Fsp3) is 0.235. The number of benzene rings is 2. The second kappa shape index (κ2) is 5.20. The number of halogens is 1. The number of amides is 1. The zero-order valence-corrected chi connectivity index (χ0v) is 12.0. The van der Waals surface area contributed by atoms with Crippen LogP contribution in [0.4, 0.5) is 15.8 Å². The monoisotopic (exact) mass is 284 g/mol. The van der Waals surface area contributed by atoms with Crippen LogP contribution in [0.2, 0.25) is 0 Å². The summed E-state index contributed by atoms with van der Waals surface area (Å²) in [5, 5.41) is 6.02. The van der Waals surface area contributed by atoms with Crippen LogP contribution in [0.15, 0.2) is 42.5 Å². The lowest BCUT2D eigenvalue weighted by Gasteiger charge is -2.18. The van der Waals surface area contributed by atoms with Crippen molar-refractivity contribution >= 4 is 17.3 Å². The normalized spacial score (nSPS) is 16.8. The average molecular weight is 284 g/mol. The highest BCUT2D eigenvalue weighted by Crippen LogP contribution is 2.35. The van der Waals surface area contributed by atoms with Gasteiger partial charge < -0.3 is 10.6 Å². The van der Waals surface area contributed by atoms with Gasteiger partial charge in [-0.15, -0.1) is 0 Å². The van der Waals surface area contributed by atoms with Crippen LogP contribution in [-0.4, -0.2) is 5.91 Å². The summed E-state index contributed by atoms with van der Waals surface area (Å²) in [7, 11) is 0. The molecule has 3 nitrogen and oxygen atoms in total. The van der Waals surface area contributed by atoms with Gasteiger partial charge in [0.2, 0.25) is 0 Å². The van der Waals surface area contributed by atoms with Crippen molar-refractivity contribution in [3.05, 3.63) is 59.4 Å². The fourth-order valence-electron chi connectivity index (χ4n) is 2.66. The zero-order valence-electron chi connectivity index (χ0n) is 12.0. The van der Waals surface area contributed by atoms with E-state index in [0.717, 1.165) is 11.3 Å². The number of para-hydroxylation sites is 1. The van der Waals surface area contributed by atoms with Crippen molar-refractivity contribution in [3.63, 3.8) is 0 Å². The average Bonchev–Trinajstić information content (AvgIpc) is 2.75. The molecule has 1 unspecified atom stereocenters. The first-order valence-corrected chi connectivity index (χ1v) is 7.02. The van der Waals surface area contributed by atoms with E-state index < -0.39 is 6.04 Å². The van der Waals surface area contributed by atoms with Crippen LogP contribution in [0.25, 0.3) is 0 Å². The highest BCUT2D eigenvalue weighted by atomic mass is 19.1. The number of rotatable bonds is 3. The summed E-state index contributed by atoms with van der Waals surface area (Å²) in [6, 6.07) is 11.7. The van der Waals surface area contributed by atoms with Gasteiger partial charge in [-0.2, -0.15) is 0 Å². The van der Waals surface area contributed by atoms with Gasteiger partial charge in [0.05, 0.1) is 0 Å². The molecule has 3 rings (SSSR count). The summed E-state index contributed by atoms with van der Waals surface area (Å²) < 4.78 is 13.4. The third-order valence-electron chi connectivity index (χ3n) is 3.73. The van der Waals surface area contributed by atoms with Crippen LogP contribution in [0.3, 0.4) is 0 Å². The molecule has 0 spiro atoms. The van der Waals surface area contributed by atoms with Crippen LogP contribution in [0.5, 0.6) is 0 Å². The number of anilines is 2. The molecule has 0 radical (unpaired) electrons. The molecule has 0 fully saturated rings. The third kappa shape index (κ3) is 2.49. The molecular weight excluding hydrogens is 267 g/mol. The highest BCUT2D eigenvalue weighted by molar-refractivity contribution is 6.04. The second-order valence-corrected chi connectivity index (χ2v) is 5.54. The minimum Gasteiger partial charge on any atom is -0.370 e. The summed E-state index contributed by atoms with van der Waals surface area (Å²) in [6.07, 6.45) is 0. The van der Waals surface area contributed by atoms with Crippen LogP contribution >= 0.6 is 0 Å². The maximum absolute atomic E-state index is 13.4. The first-order valence-electron chi connectivity index (χ1n) is 7.02. The number of carbonyl (C=O) groups excluding carboxylic acids is 1. The van der Waals surface area contributed by atoms with Gasteiger partial charge in [-0.05, 0) is 35.7 Å². The maximum atomic E-state index is 13.4. The molecule has 21 heavy (non-hydrogen) atoms. The molecule has 0 bridgehead atoms. The minimum atomic E-state index is -0.560. The summed E-state index contributed by atoms with van der Waals surface area (Å²) in [5.74, 6) is -0.159. The van der Waals surface area contributed by atoms with Crippen LogP contribution in [-0.2, 0) is 4.79 Å². The van der Waals surface area contributed by atoms with Crippen molar-refractivity contribution in [1.29, 1.82) is 0 Å². The third-order valence-corrected chi connectivity index (χ3v) is 3.73. The number of carbonyl (C=O) groups is 1. The number of fused-ring (bicyclic) bond motifs is 1. The Morgan fingerprint density at radius 2 is 1.95 bits per heavy atom. The largest absolute Gasteiger partial charge is 0.370 e. The summed E-state index contributed by atoms with van der Waals surface area (Å²) in [6.45, 7) is 4.20. The molecule has 2 aromatic carbocycles. The van der Waals surface area contributed by atoms with Crippen molar-refractivity contribution in [2.45, 2.75) is 25.8 Å². The Morgan fingerprint density at radius 1 is 1.19 bits per heavy atom. The van der Waals surface area contributed by atoms with Gasteiger partial charge >= 0.3 is 0 Å². The molecule has 2 N–H and O–H groups in total. The molecule has 1 amide bonds. The van der Waals surface area contributed by atoms with Crippen molar-refractivity contribution in [1.82, 2.24) is 0 Å². The smallest absolute Gasteiger partial charge is 0.251 e. The topological polar surface area (TPSA) is 41.1 Å². The van der Waals surface area contributed by atoms with E-state index in [1.807, 2.05) is 24.3 Å². The van der Waals surface area contributed by atoms with Crippen molar-refractivity contribution < 1.29 is 9.18 Å². The van der Waals surface area contributed by atoms with Crippen LogP contribution in [0.1, 0.15) is 36.9 Å². The van der Waals surface area contributed by atoms with Crippen molar-refractivity contribution in [3.8, 4) is 0 Å².